The van der Waals surface area contributed by atoms with Gasteiger partial charge in [-0.2, -0.15) is 5.26 Å². The first-order chi connectivity index (χ1) is 8.10. The van der Waals surface area contributed by atoms with Crippen molar-refractivity contribution in [2.45, 2.75) is 19.8 Å². The Kier molecular flexibility index (Phi) is 4.99. The molecular formula is C14H20N2O. The molecule has 17 heavy (non-hydrogen) atoms. The quantitative estimate of drug-likeness (QED) is 0.731. The van der Waals surface area contributed by atoms with Crippen LogP contribution in [0.2, 0.25) is 0 Å². The van der Waals surface area contributed by atoms with E-state index >= 15 is 0 Å². The molecule has 0 atom stereocenters. The van der Waals surface area contributed by atoms with Crippen molar-refractivity contribution < 1.29 is 4.74 Å². The smallest absolute Gasteiger partial charge is 0.101 e. The molecule has 0 unspecified atom stereocenters. The topological polar surface area (TPSA) is 36.3 Å². The first-order valence-electron chi connectivity index (χ1n) is 5.80. The van der Waals surface area contributed by atoms with Crippen molar-refractivity contribution in [1.29, 1.82) is 5.26 Å². The van der Waals surface area contributed by atoms with Crippen molar-refractivity contribution in [3.8, 4) is 6.07 Å². The average molecular weight is 232 g/mol. The zero-order valence-electron chi connectivity index (χ0n) is 10.9. The fourth-order valence-electron chi connectivity index (χ4n) is 1.91. The van der Waals surface area contributed by atoms with Crippen LogP contribution < -0.4 is 0 Å². The average Bonchev–Trinajstić information content (AvgIpc) is 2.34. The lowest BCUT2D eigenvalue weighted by Gasteiger charge is -2.26. The highest BCUT2D eigenvalue weighted by molar-refractivity contribution is 5.47. The van der Waals surface area contributed by atoms with Gasteiger partial charge in [-0.05, 0) is 31.4 Å². The van der Waals surface area contributed by atoms with E-state index in [1.807, 2.05) is 20.0 Å². The number of hydrogen-bond donors (Lipinski definition) is 0. The van der Waals surface area contributed by atoms with Crippen LogP contribution in [0, 0.1) is 11.3 Å². The summed E-state index contributed by atoms with van der Waals surface area (Å²) in [5, 5.41) is 9.20. The Hall–Kier alpha value is -1.53. The summed E-state index contributed by atoms with van der Waals surface area (Å²) in [6.07, 6.45) is 3.83. The van der Waals surface area contributed by atoms with E-state index in [0.717, 1.165) is 36.2 Å². The minimum atomic E-state index is 0.676. The second kappa shape index (κ2) is 6.27. The van der Waals surface area contributed by atoms with Crippen molar-refractivity contribution in [1.82, 2.24) is 4.90 Å². The fraction of sp³-hybridized carbons (Fsp3) is 0.500. The largest absolute Gasteiger partial charge is 0.383 e. The van der Waals surface area contributed by atoms with E-state index in [-0.39, 0.29) is 0 Å². The van der Waals surface area contributed by atoms with Gasteiger partial charge in [0.15, 0.2) is 0 Å². The molecule has 0 spiro atoms. The van der Waals surface area contributed by atoms with Gasteiger partial charge in [0.1, 0.15) is 6.07 Å². The molecule has 0 N–H and O–H groups in total. The molecule has 1 rings (SSSR count). The molecule has 1 aliphatic carbocycles. The Morgan fingerprint density at radius 2 is 2.29 bits per heavy atom. The molecule has 0 radical (unpaired) electrons. The molecule has 0 saturated carbocycles. The van der Waals surface area contributed by atoms with E-state index in [1.54, 1.807) is 7.11 Å². The standard InChI is InChI=1S/C14H20N2O/c1-11(2)12-5-6-14(13(9-12)10-15)16(3)7-8-17-4/h9H,1,5-8H2,2-4H3. The number of hydrogen-bond acceptors (Lipinski definition) is 3. The summed E-state index contributed by atoms with van der Waals surface area (Å²) in [6, 6.07) is 2.28. The molecular weight excluding hydrogens is 212 g/mol. The highest BCUT2D eigenvalue weighted by Crippen LogP contribution is 2.28. The van der Waals surface area contributed by atoms with Gasteiger partial charge in [0, 0.05) is 26.4 Å². The highest BCUT2D eigenvalue weighted by Gasteiger charge is 2.16. The molecule has 0 aliphatic heterocycles. The lowest BCUT2D eigenvalue weighted by atomic mass is 9.93. The van der Waals surface area contributed by atoms with E-state index in [1.165, 1.54) is 5.57 Å². The molecule has 0 fully saturated rings. The van der Waals surface area contributed by atoms with Crippen LogP contribution >= 0.6 is 0 Å². The predicted octanol–water partition coefficient (Wildman–Crippen LogP) is 2.64. The SMILES string of the molecule is C=C(C)C1=CC(C#N)=C(N(C)CCOC)CC1. The lowest BCUT2D eigenvalue weighted by Crippen LogP contribution is -2.24. The highest BCUT2D eigenvalue weighted by atomic mass is 16.5. The van der Waals surface area contributed by atoms with Gasteiger partial charge >= 0.3 is 0 Å². The first-order valence-corrected chi connectivity index (χ1v) is 5.80. The van der Waals surface area contributed by atoms with Crippen LogP contribution in [0.5, 0.6) is 0 Å². The Bertz CT molecular complexity index is 399. The Labute approximate surface area is 104 Å². The number of nitriles is 1. The van der Waals surface area contributed by atoms with E-state index in [0.29, 0.717) is 6.61 Å². The minimum absolute atomic E-state index is 0.676. The molecule has 0 bridgehead atoms. The van der Waals surface area contributed by atoms with Gasteiger partial charge in [-0.1, -0.05) is 12.2 Å². The number of allylic oxidation sites excluding steroid dienone is 5. The van der Waals surface area contributed by atoms with Gasteiger partial charge in [0.05, 0.1) is 12.2 Å². The van der Waals surface area contributed by atoms with Crippen LogP contribution in [0.1, 0.15) is 19.8 Å². The van der Waals surface area contributed by atoms with Crippen LogP contribution in [-0.4, -0.2) is 32.2 Å². The lowest BCUT2D eigenvalue weighted by molar-refractivity contribution is 0.172. The molecule has 3 nitrogen and oxygen atoms in total. The second-order valence-corrected chi connectivity index (χ2v) is 4.34. The molecule has 1 aliphatic rings. The van der Waals surface area contributed by atoms with Gasteiger partial charge in [-0.3, -0.25) is 0 Å². The Morgan fingerprint density at radius 1 is 1.59 bits per heavy atom. The number of methoxy groups -OCH3 is 1. The van der Waals surface area contributed by atoms with E-state index in [9.17, 15) is 5.26 Å². The molecule has 0 aromatic rings. The monoisotopic (exact) mass is 232 g/mol. The van der Waals surface area contributed by atoms with Crippen LogP contribution in [0.15, 0.2) is 35.1 Å². The van der Waals surface area contributed by atoms with E-state index in [4.69, 9.17) is 4.74 Å². The summed E-state index contributed by atoms with van der Waals surface area (Å²) in [4.78, 5) is 2.10. The van der Waals surface area contributed by atoms with Crippen LogP contribution in [0.25, 0.3) is 0 Å². The summed E-state index contributed by atoms with van der Waals surface area (Å²) < 4.78 is 5.05. The number of rotatable bonds is 5. The van der Waals surface area contributed by atoms with Gasteiger partial charge in [-0.15, -0.1) is 0 Å². The van der Waals surface area contributed by atoms with E-state index < -0.39 is 0 Å². The maximum absolute atomic E-state index is 9.20. The molecule has 0 heterocycles. The fourth-order valence-corrected chi connectivity index (χ4v) is 1.91. The first kappa shape index (κ1) is 13.5. The summed E-state index contributed by atoms with van der Waals surface area (Å²) in [5.41, 5.74) is 4.10. The van der Waals surface area contributed by atoms with Crippen molar-refractivity contribution in [2.24, 2.45) is 0 Å². The zero-order valence-corrected chi connectivity index (χ0v) is 10.9. The molecule has 0 aromatic carbocycles. The van der Waals surface area contributed by atoms with Gasteiger partial charge < -0.3 is 9.64 Å². The van der Waals surface area contributed by atoms with Crippen LogP contribution in [-0.2, 0) is 4.74 Å². The van der Waals surface area contributed by atoms with Crippen molar-refractivity contribution in [2.75, 3.05) is 27.3 Å². The molecule has 0 saturated heterocycles. The van der Waals surface area contributed by atoms with Gasteiger partial charge in [-0.25, -0.2) is 0 Å². The minimum Gasteiger partial charge on any atom is -0.383 e. The van der Waals surface area contributed by atoms with Crippen molar-refractivity contribution in [3.63, 3.8) is 0 Å². The number of nitrogens with zero attached hydrogens (tertiary/aromatic N) is 2. The molecule has 3 heteroatoms. The van der Waals surface area contributed by atoms with Crippen LogP contribution in [0.4, 0.5) is 0 Å². The number of ether oxygens (including phenoxy) is 1. The van der Waals surface area contributed by atoms with Gasteiger partial charge in [0.2, 0.25) is 0 Å². The van der Waals surface area contributed by atoms with Crippen molar-refractivity contribution >= 4 is 0 Å². The summed E-state index contributed by atoms with van der Waals surface area (Å²) in [5.74, 6) is 0. The summed E-state index contributed by atoms with van der Waals surface area (Å²) >= 11 is 0. The summed E-state index contributed by atoms with van der Waals surface area (Å²) in [7, 11) is 3.69. The van der Waals surface area contributed by atoms with Crippen molar-refractivity contribution in [3.05, 3.63) is 35.1 Å². The molecule has 0 amide bonds. The Balaban J connectivity index is 2.90. The normalized spacial score (nSPS) is 15.3. The predicted molar refractivity (Wildman–Crippen MR) is 69.3 cm³/mol. The third-order valence-corrected chi connectivity index (χ3v) is 3.02. The maximum Gasteiger partial charge on any atom is 0.101 e. The third kappa shape index (κ3) is 3.47. The van der Waals surface area contributed by atoms with E-state index in [2.05, 4.69) is 17.5 Å². The molecule has 0 aromatic heterocycles. The Morgan fingerprint density at radius 3 is 2.82 bits per heavy atom. The van der Waals surface area contributed by atoms with Gasteiger partial charge in [0.25, 0.3) is 0 Å². The second-order valence-electron chi connectivity index (χ2n) is 4.34. The summed E-state index contributed by atoms with van der Waals surface area (Å²) in [6.45, 7) is 7.41. The molecule has 92 valence electrons. The zero-order chi connectivity index (χ0) is 12.8. The third-order valence-electron chi connectivity index (χ3n) is 3.02. The van der Waals surface area contributed by atoms with Crippen LogP contribution in [0.3, 0.4) is 0 Å². The number of likely N-dealkylation sites (N-methyl/N-ethyl adjacent to an activating group) is 1. The maximum atomic E-state index is 9.20.